The van der Waals surface area contributed by atoms with Gasteiger partial charge in [-0.3, -0.25) is 4.79 Å². The second-order valence-electron chi connectivity index (χ2n) is 4.43. The van der Waals surface area contributed by atoms with Crippen molar-refractivity contribution in [3.05, 3.63) is 36.2 Å². The minimum absolute atomic E-state index is 0.120. The first-order valence-corrected chi connectivity index (χ1v) is 6.90. The Morgan fingerprint density at radius 3 is 2.50 bits per heavy atom. The SMILES string of the molecule is CCN(CC)C(=O)CCc1nnc(-c2ccccc2)o1. The molecule has 20 heavy (non-hydrogen) atoms. The lowest BCUT2D eigenvalue weighted by molar-refractivity contribution is -0.130. The highest BCUT2D eigenvalue weighted by molar-refractivity contribution is 5.76. The van der Waals surface area contributed by atoms with Crippen LogP contribution in [-0.2, 0) is 11.2 Å². The van der Waals surface area contributed by atoms with Gasteiger partial charge in [0.2, 0.25) is 17.7 Å². The Morgan fingerprint density at radius 1 is 1.15 bits per heavy atom. The van der Waals surface area contributed by atoms with E-state index in [1.165, 1.54) is 0 Å². The first-order chi connectivity index (χ1) is 9.74. The van der Waals surface area contributed by atoms with Gasteiger partial charge in [0.1, 0.15) is 0 Å². The molecule has 106 valence electrons. The van der Waals surface area contributed by atoms with Crippen LogP contribution < -0.4 is 0 Å². The zero-order valence-corrected chi connectivity index (χ0v) is 11.9. The highest BCUT2D eigenvalue weighted by Gasteiger charge is 2.13. The first kappa shape index (κ1) is 14.2. The van der Waals surface area contributed by atoms with E-state index >= 15 is 0 Å². The highest BCUT2D eigenvalue weighted by atomic mass is 16.4. The number of hydrogen-bond acceptors (Lipinski definition) is 4. The van der Waals surface area contributed by atoms with Crippen molar-refractivity contribution in [2.75, 3.05) is 13.1 Å². The van der Waals surface area contributed by atoms with Crippen LogP contribution in [0.25, 0.3) is 11.5 Å². The summed E-state index contributed by atoms with van der Waals surface area (Å²) in [7, 11) is 0. The van der Waals surface area contributed by atoms with Crippen LogP contribution in [0.2, 0.25) is 0 Å². The molecular weight excluding hydrogens is 254 g/mol. The average Bonchev–Trinajstić information content (AvgIpc) is 2.96. The minimum Gasteiger partial charge on any atom is -0.421 e. The van der Waals surface area contributed by atoms with Gasteiger partial charge in [-0.2, -0.15) is 0 Å². The first-order valence-electron chi connectivity index (χ1n) is 6.90. The third-order valence-corrected chi connectivity index (χ3v) is 3.16. The number of aromatic nitrogens is 2. The summed E-state index contributed by atoms with van der Waals surface area (Å²) < 4.78 is 5.57. The van der Waals surface area contributed by atoms with E-state index in [0.717, 1.165) is 18.7 Å². The van der Waals surface area contributed by atoms with E-state index in [9.17, 15) is 4.79 Å². The predicted octanol–water partition coefficient (Wildman–Crippen LogP) is 2.54. The standard InChI is InChI=1S/C15H19N3O2/c1-3-18(4-2)14(19)11-10-13-16-17-15(20-13)12-8-6-5-7-9-12/h5-9H,3-4,10-11H2,1-2H3. The summed E-state index contributed by atoms with van der Waals surface area (Å²) in [6, 6.07) is 9.60. The van der Waals surface area contributed by atoms with E-state index in [2.05, 4.69) is 10.2 Å². The van der Waals surface area contributed by atoms with Crippen molar-refractivity contribution in [3.8, 4) is 11.5 Å². The summed E-state index contributed by atoms with van der Waals surface area (Å²) in [6.07, 6.45) is 0.882. The Hall–Kier alpha value is -2.17. The Kier molecular flexibility index (Phi) is 4.87. The van der Waals surface area contributed by atoms with Gasteiger partial charge in [0.05, 0.1) is 0 Å². The summed E-state index contributed by atoms with van der Waals surface area (Å²) in [5.74, 6) is 1.12. The molecular formula is C15H19N3O2. The van der Waals surface area contributed by atoms with Crippen molar-refractivity contribution in [1.29, 1.82) is 0 Å². The van der Waals surface area contributed by atoms with Gasteiger partial charge >= 0.3 is 0 Å². The van der Waals surface area contributed by atoms with Gasteiger partial charge < -0.3 is 9.32 Å². The fourth-order valence-electron chi connectivity index (χ4n) is 2.00. The van der Waals surface area contributed by atoms with E-state index in [4.69, 9.17) is 4.42 Å². The summed E-state index contributed by atoms with van der Waals surface area (Å²) in [6.45, 7) is 5.41. The second kappa shape index (κ2) is 6.84. The zero-order chi connectivity index (χ0) is 14.4. The van der Waals surface area contributed by atoms with Crippen molar-refractivity contribution in [3.63, 3.8) is 0 Å². The Labute approximate surface area is 118 Å². The molecule has 0 spiro atoms. The van der Waals surface area contributed by atoms with Crippen LogP contribution in [0.5, 0.6) is 0 Å². The van der Waals surface area contributed by atoms with Crippen molar-refractivity contribution in [2.45, 2.75) is 26.7 Å². The molecule has 2 aromatic rings. The van der Waals surface area contributed by atoms with Crippen LogP contribution in [0.1, 0.15) is 26.2 Å². The third kappa shape index (κ3) is 3.44. The van der Waals surface area contributed by atoms with Gasteiger partial charge in [-0.05, 0) is 26.0 Å². The molecule has 0 saturated carbocycles. The topological polar surface area (TPSA) is 59.2 Å². The summed E-state index contributed by atoms with van der Waals surface area (Å²) in [5.41, 5.74) is 0.890. The molecule has 0 bridgehead atoms. The van der Waals surface area contributed by atoms with Crippen molar-refractivity contribution >= 4 is 5.91 Å². The lowest BCUT2D eigenvalue weighted by atomic mass is 10.2. The maximum absolute atomic E-state index is 11.9. The van der Waals surface area contributed by atoms with Gasteiger partial charge in [-0.15, -0.1) is 10.2 Å². The minimum atomic E-state index is 0.120. The third-order valence-electron chi connectivity index (χ3n) is 3.16. The summed E-state index contributed by atoms with van der Waals surface area (Å²) in [4.78, 5) is 13.7. The van der Waals surface area contributed by atoms with Crippen LogP contribution in [0.15, 0.2) is 34.7 Å². The second-order valence-corrected chi connectivity index (χ2v) is 4.43. The van der Waals surface area contributed by atoms with Crippen molar-refractivity contribution < 1.29 is 9.21 Å². The average molecular weight is 273 g/mol. The van der Waals surface area contributed by atoms with Crippen LogP contribution in [-0.4, -0.2) is 34.1 Å². The number of rotatable bonds is 6. The maximum Gasteiger partial charge on any atom is 0.247 e. The Bertz CT molecular complexity index is 547. The molecule has 1 aromatic heterocycles. The molecule has 0 atom stereocenters. The van der Waals surface area contributed by atoms with Crippen LogP contribution >= 0.6 is 0 Å². The number of hydrogen-bond donors (Lipinski definition) is 0. The Morgan fingerprint density at radius 2 is 1.85 bits per heavy atom. The summed E-state index contributed by atoms with van der Waals surface area (Å²) in [5, 5.41) is 8.00. The molecule has 1 amide bonds. The number of aryl methyl sites for hydroxylation is 1. The van der Waals surface area contributed by atoms with E-state index in [1.807, 2.05) is 44.2 Å². The molecule has 0 radical (unpaired) electrons. The largest absolute Gasteiger partial charge is 0.421 e. The number of amides is 1. The highest BCUT2D eigenvalue weighted by Crippen LogP contribution is 2.17. The van der Waals surface area contributed by atoms with E-state index < -0.39 is 0 Å². The van der Waals surface area contributed by atoms with E-state index in [1.54, 1.807) is 4.90 Å². The monoisotopic (exact) mass is 273 g/mol. The fraction of sp³-hybridized carbons (Fsp3) is 0.400. The Balaban J connectivity index is 1.95. The van der Waals surface area contributed by atoms with E-state index in [-0.39, 0.29) is 5.91 Å². The number of carbonyl (C=O) groups is 1. The molecule has 0 aliphatic rings. The fourth-order valence-corrected chi connectivity index (χ4v) is 2.00. The molecule has 0 saturated heterocycles. The summed E-state index contributed by atoms with van der Waals surface area (Å²) >= 11 is 0. The van der Waals surface area contributed by atoms with Gasteiger partial charge in [-0.1, -0.05) is 18.2 Å². The number of nitrogens with zero attached hydrogens (tertiary/aromatic N) is 3. The molecule has 1 aromatic carbocycles. The number of benzene rings is 1. The quantitative estimate of drug-likeness (QED) is 0.811. The van der Waals surface area contributed by atoms with Gasteiger partial charge in [-0.25, -0.2) is 0 Å². The maximum atomic E-state index is 11.9. The lowest BCUT2D eigenvalue weighted by Crippen LogP contribution is -2.30. The molecule has 5 nitrogen and oxygen atoms in total. The lowest BCUT2D eigenvalue weighted by Gasteiger charge is -2.17. The molecule has 0 N–H and O–H groups in total. The smallest absolute Gasteiger partial charge is 0.247 e. The van der Waals surface area contributed by atoms with Gasteiger partial charge in [0.25, 0.3) is 0 Å². The van der Waals surface area contributed by atoms with Crippen LogP contribution in [0, 0.1) is 0 Å². The molecule has 1 heterocycles. The number of carbonyl (C=O) groups excluding carboxylic acids is 1. The molecule has 5 heteroatoms. The van der Waals surface area contributed by atoms with E-state index in [0.29, 0.717) is 24.6 Å². The molecule has 2 rings (SSSR count). The predicted molar refractivity (Wildman–Crippen MR) is 76.0 cm³/mol. The van der Waals surface area contributed by atoms with Crippen LogP contribution in [0.3, 0.4) is 0 Å². The van der Waals surface area contributed by atoms with Crippen molar-refractivity contribution in [2.24, 2.45) is 0 Å². The zero-order valence-electron chi connectivity index (χ0n) is 11.9. The van der Waals surface area contributed by atoms with Crippen molar-refractivity contribution in [1.82, 2.24) is 15.1 Å². The molecule has 0 fully saturated rings. The molecule has 0 unspecified atom stereocenters. The van der Waals surface area contributed by atoms with Gasteiger partial charge in [0.15, 0.2) is 0 Å². The van der Waals surface area contributed by atoms with Crippen LogP contribution in [0.4, 0.5) is 0 Å². The van der Waals surface area contributed by atoms with Gasteiger partial charge in [0, 0.05) is 31.5 Å². The molecule has 0 aliphatic heterocycles. The molecule has 0 aliphatic carbocycles. The normalized spacial score (nSPS) is 10.5.